The Morgan fingerprint density at radius 3 is 2.30 bits per heavy atom. The minimum atomic E-state index is -4.61. The Balaban J connectivity index is 1.74. The van der Waals surface area contributed by atoms with Crippen LogP contribution in [0, 0.1) is 0 Å². The van der Waals surface area contributed by atoms with Crippen LogP contribution < -0.4 is 15.4 Å². The highest BCUT2D eigenvalue weighted by Crippen LogP contribution is 2.38. The van der Waals surface area contributed by atoms with Gasteiger partial charge in [-0.2, -0.15) is 13.2 Å². The summed E-state index contributed by atoms with van der Waals surface area (Å²) in [6.07, 6.45) is -1.78. The number of rotatable bonds is 7. The molecule has 174 valence electrons. The highest BCUT2D eigenvalue weighted by Gasteiger charge is 2.34. The van der Waals surface area contributed by atoms with Gasteiger partial charge in [0.25, 0.3) is 0 Å². The summed E-state index contributed by atoms with van der Waals surface area (Å²) in [7, 11) is 3.81. The lowest BCUT2D eigenvalue weighted by Gasteiger charge is -2.16. The summed E-state index contributed by atoms with van der Waals surface area (Å²) in [5, 5.41) is 5.38. The number of carbonyl (C=O) groups is 1. The number of pyridine rings is 1. The Hall–Kier alpha value is -3.30. The van der Waals surface area contributed by atoms with Crippen molar-refractivity contribution in [2.75, 3.05) is 37.9 Å². The molecule has 0 unspecified atom stereocenters. The zero-order valence-corrected chi connectivity index (χ0v) is 18.7. The fourth-order valence-electron chi connectivity index (χ4n) is 2.96. The van der Waals surface area contributed by atoms with Crippen LogP contribution in [0.3, 0.4) is 0 Å². The molecule has 3 rings (SSSR count). The normalized spacial score (nSPS) is 11.4. The Morgan fingerprint density at radius 2 is 1.67 bits per heavy atom. The second-order valence-corrected chi connectivity index (χ2v) is 7.78. The monoisotopic (exact) mass is 478 g/mol. The van der Waals surface area contributed by atoms with E-state index in [2.05, 4.69) is 15.6 Å². The summed E-state index contributed by atoms with van der Waals surface area (Å²) in [5.74, 6) is 0.386. The second kappa shape index (κ2) is 10.5. The number of hydrogen-bond donors (Lipinski definition) is 2. The van der Waals surface area contributed by atoms with Crippen LogP contribution in [0.15, 0.2) is 60.9 Å². The first-order chi connectivity index (χ1) is 15.6. The molecule has 33 heavy (non-hydrogen) atoms. The molecule has 0 spiro atoms. The molecular formula is C23H22ClF3N4O2. The number of alkyl halides is 3. The van der Waals surface area contributed by atoms with Crippen LogP contribution in [0.4, 0.5) is 29.3 Å². The molecule has 0 bridgehead atoms. The van der Waals surface area contributed by atoms with E-state index in [9.17, 15) is 18.0 Å². The number of urea groups is 1. The van der Waals surface area contributed by atoms with Crippen LogP contribution in [0.25, 0.3) is 11.1 Å². The quantitative estimate of drug-likeness (QED) is 0.436. The van der Waals surface area contributed by atoms with Crippen molar-refractivity contribution in [1.82, 2.24) is 9.88 Å². The number of anilines is 2. The fraction of sp³-hybridized carbons (Fsp3) is 0.217. The molecule has 1 aromatic heterocycles. The minimum Gasteiger partial charge on any atom is -0.491 e. The van der Waals surface area contributed by atoms with Crippen molar-refractivity contribution in [2.45, 2.75) is 6.18 Å². The molecule has 3 aromatic rings. The average Bonchev–Trinajstić information content (AvgIpc) is 2.75. The number of amides is 2. The van der Waals surface area contributed by atoms with E-state index < -0.39 is 17.8 Å². The van der Waals surface area contributed by atoms with Gasteiger partial charge in [0.05, 0.1) is 10.6 Å². The summed E-state index contributed by atoms with van der Waals surface area (Å²) in [6.45, 7) is 1.07. The number of ether oxygens (including phenoxy) is 1. The smallest absolute Gasteiger partial charge is 0.417 e. The second-order valence-electron chi connectivity index (χ2n) is 7.37. The molecule has 0 saturated heterocycles. The van der Waals surface area contributed by atoms with Crippen LogP contribution in [-0.4, -0.2) is 43.2 Å². The largest absolute Gasteiger partial charge is 0.491 e. The molecule has 2 aromatic carbocycles. The zero-order chi connectivity index (χ0) is 24.0. The Kier molecular flexibility index (Phi) is 7.78. The lowest BCUT2D eigenvalue weighted by Crippen LogP contribution is -2.20. The lowest BCUT2D eigenvalue weighted by atomic mass is 9.99. The summed E-state index contributed by atoms with van der Waals surface area (Å²) in [4.78, 5) is 18.2. The maximum atomic E-state index is 13.7. The zero-order valence-electron chi connectivity index (χ0n) is 17.9. The third kappa shape index (κ3) is 6.84. The predicted octanol–water partition coefficient (Wildman–Crippen LogP) is 6.01. The van der Waals surface area contributed by atoms with Gasteiger partial charge in [-0.1, -0.05) is 17.7 Å². The van der Waals surface area contributed by atoms with Gasteiger partial charge in [0.15, 0.2) is 0 Å². The molecule has 6 nitrogen and oxygen atoms in total. The van der Waals surface area contributed by atoms with E-state index in [4.69, 9.17) is 16.3 Å². The highest BCUT2D eigenvalue weighted by molar-refractivity contribution is 6.32. The van der Waals surface area contributed by atoms with E-state index >= 15 is 0 Å². The number of nitrogens with zero attached hydrogens (tertiary/aromatic N) is 2. The van der Waals surface area contributed by atoms with Gasteiger partial charge in [-0.15, -0.1) is 0 Å². The lowest BCUT2D eigenvalue weighted by molar-refractivity contribution is -0.137. The standard InChI is InChI=1S/C23H22ClF3N4O2/c1-31(2)11-12-33-21-14-17(4-6-20(21)24)30-22(32)29-16-3-5-18(15-7-9-28-10-8-15)19(13-16)23(25,26)27/h3-10,13-14H,11-12H2,1-2H3,(H2,29,30,32). The Labute approximate surface area is 194 Å². The summed E-state index contributed by atoms with van der Waals surface area (Å²) < 4.78 is 46.6. The first-order valence-corrected chi connectivity index (χ1v) is 10.3. The van der Waals surface area contributed by atoms with Gasteiger partial charge in [0, 0.05) is 36.4 Å². The first-order valence-electron chi connectivity index (χ1n) is 9.90. The van der Waals surface area contributed by atoms with E-state index in [1.54, 1.807) is 18.2 Å². The van der Waals surface area contributed by atoms with Crippen LogP contribution in [0.2, 0.25) is 5.02 Å². The molecule has 0 saturated carbocycles. The third-order valence-corrected chi connectivity index (χ3v) is 4.87. The van der Waals surface area contributed by atoms with Crippen molar-refractivity contribution < 1.29 is 22.7 Å². The van der Waals surface area contributed by atoms with Crippen molar-refractivity contribution in [3.8, 4) is 16.9 Å². The van der Waals surface area contributed by atoms with Crippen molar-refractivity contribution in [3.63, 3.8) is 0 Å². The van der Waals surface area contributed by atoms with Crippen LogP contribution in [0.1, 0.15) is 5.56 Å². The third-order valence-electron chi connectivity index (χ3n) is 4.56. The number of nitrogens with one attached hydrogen (secondary N) is 2. The van der Waals surface area contributed by atoms with Gasteiger partial charge < -0.3 is 20.3 Å². The molecule has 2 N–H and O–H groups in total. The summed E-state index contributed by atoms with van der Waals surface area (Å²) in [6, 6.07) is 10.6. The predicted molar refractivity (Wildman–Crippen MR) is 123 cm³/mol. The molecule has 2 amide bonds. The van der Waals surface area contributed by atoms with E-state index in [1.165, 1.54) is 36.7 Å². The molecule has 10 heteroatoms. The van der Waals surface area contributed by atoms with Crippen LogP contribution in [0.5, 0.6) is 5.75 Å². The van der Waals surface area contributed by atoms with Crippen molar-refractivity contribution in [1.29, 1.82) is 0 Å². The summed E-state index contributed by atoms with van der Waals surface area (Å²) in [5.41, 5.74) is -0.130. The molecule has 1 heterocycles. The minimum absolute atomic E-state index is 0.00551. The van der Waals surface area contributed by atoms with E-state index in [-0.39, 0.29) is 11.3 Å². The molecule has 0 atom stereocenters. The van der Waals surface area contributed by atoms with Gasteiger partial charge in [0.1, 0.15) is 12.4 Å². The van der Waals surface area contributed by atoms with E-state index in [0.717, 1.165) is 6.07 Å². The van der Waals surface area contributed by atoms with Gasteiger partial charge in [-0.25, -0.2) is 4.79 Å². The number of hydrogen-bond acceptors (Lipinski definition) is 4. The van der Waals surface area contributed by atoms with E-state index in [0.29, 0.717) is 35.2 Å². The van der Waals surface area contributed by atoms with Gasteiger partial charge in [-0.3, -0.25) is 4.98 Å². The van der Waals surface area contributed by atoms with Crippen molar-refractivity contribution in [2.24, 2.45) is 0 Å². The van der Waals surface area contributed by atoms with Crippen LogP contribution >= 0.6 is 11.6 Å². The molecule has 0 aliphatic rings. The maximum absolute atomic E-state index is 13.7. The van der Waals surface area contributed by atoms with Crippen LogP contribution in [-0.2, 0) is 6.18 Å². The highest BCUT2D eigenvalue weighted by atomic mass is 35.5. The molecule has 0 fully saturated rings. The molecular weight excluding hydrogens is 457 g/mol. The average molecular weight is 479 g/mol. The molecule has 0 aliphatic carbocycles. The molecule has 0 aliphatic heterocycles. The number of halogens is 4. The van der Waals surface area contributed by atoms with E-state index in [1.807, 2.05) is 19.0 Å². The Bertz CT molecular complexity index is 1110. The number of aromatic nitrogens is 1. The van der Waals surface area contributed by atoms with Gasteiger partial charge >= 0.3 is 12.2 Å². The van der Waals surface area contributed by atoms with Gasteiger partial charge in [0.2, 0.25) is 0 Å². The fourth-order valence-corrected chi connectivity index (χ4v) is 3.14. The number of likely N-dealkylation sites (N-methyl/N-ethyl adjacent to an activating group) is 1. The van der Waals surface area contributed by atoms with Crippen molar-refractivity contribution in [3.05, 3.63) is 71.5 Å². The topological polar surface area (TPSA) is 66.5 Å². The SMILES string of the molecule is CN(C)CCOc1cc(NC(=O)Nc2ccc(-c3ccncc3)c(C(F)(F)F)c2)ccc1Cl. The number of benzene rings is 2. The Morgan fingerprint density at radius 1 is 1.03 bits per heavy atom. The summed E-state index contributed by atoms with van der Waals surface area (Å²) >= 11 is 6.13. The molecule has 0 radical (unpaired) electrons. The van der Waals surface area contributed by atoms with Crippen molar-refractivity contribution >= 4 is 29.0 Å². The first kappa shape index (κ1) is 24.3. The maximum Gasteiger partial charge on any atom is 0.417 e. The number of carbonyl (C=O) groups excluding carboxylic acids is 1. The van der Waals surface area contributed by atoms with Gasteiger partial charge in [-0.05, 0) is 61.6 Å².